The summed E-state index contributed by atoms with van der Waals surface area (Å²) >= 11 is 0. The number of amides is 1. The molecule has 0 aliphatic heterocycles. The molecule has 0 radical (unpaired) electrons. The predicted molar refractivity (Wildman–Crippen MR) is 77.1 cm³/mol. The van der Waals surface area contributed by atoms with E-state index >= 15 is 0 Å². The average Bonchev–Trinajstić information content (AvgIpc) is 2.86. The van der Waals surface area contributed by atoms with E-state index in [1.165, 1.54) is 16.9 Å². The standard InChI is InChI=1S/C15H18FN3O2/c1-11-12(15(20)17-8-5-9-21-2)10-18-19(11)14-7-4-3-6-13(14)16/h3-4,6-7,10H,5,8-9H2,1-2H3,(H,17,20). The van der Waals surface area contributed by atoms with Crippen molar-refractivity contribution in [3.8, 4) is 5.69 Å². The molecule has 6 heteroatoms. The number of benzene rings is 1. The van der Waals surface area contributed by atoms with Crippen LogP contribution < -0.4 is 5.32 Å². The largest absolute Gasteiger partial charge is 0.385 e. The van der Waals surface area contributed by atoms with E-state index in [4.69, 9.17) is 4.74 Å². The van der Waals surface area contributed by atoms with E-state index < -0.39 is 0 Å². The fourth-order valence-corrected chi connectivity index (χ4v) is 2.01. The van der Waals surface area contributed by atoms with E-state index in [1.54, 1.807) is 32.2 Å². The number of aromatic nitrogens is 2. The molecule has 5 nitrogen and oxygen atoms in total. The summed E-state index contributed by atoms with van der Waals surface area (Å²) in [6.07, 6.45) is 2.19. The maximum atomic E-state index is 13.8. The summed E-state index contributed by atoms with van der Waals surface area (Å²) in [6.45, 7) is 2.86. The Morgan fingerprint density at radius 3 is 2.90 bits per heavy atom. The number of hydrogen-bond acceptors (Lipinski definition) is 3. The quantitative estimate of drug-likeness (QED) is 0.829. The van der Waals surface area contributed by atoms with Crippen molar-refractivity contribution >= 4 is 5.91 Å². The highest BCUT2D eigenvalue weighted by molar-refractivity contribution is 5.95. The van der Waals surface area contributed by atoms with Crippen LogP contribution in [0.1, 0.15) is 22.5 Å². The van der Waals surface area contributed by atoms with Gasteiger partial charge in [0, 0.05) is 20.3 Å². The van der Waals surface area contributed by atoms with Crippen molar-refractivity contribution in [3.05, 3.63) is 47.5 Å². The summed E-state index contributed by atoms with van der Waals surface area (Å²) in [5, 5.41) is 6.89. The van der Waals surface area contributed by atoms with Crippen molar-refractivity contribution in [2.75, 3.05) is 20.3 Å². The minimum absolute atomic E-state index is 0.216. The predicted octanol–water partition coefficient (Wildman–Crippen LogP) is 2.09. The van der Waals surface area contributed by atoms with Gasteiger partial charge in [-0.05, 0) is 25.5 Å². The van der Waals surface area contributed by atoms with Crippen LogP contribution in [0.15, 0.2) is 30.5 Å². The van der Waals surface area contributed by atoms with Crippen molar-refractivity contribution in [1.29, 1.82) is 0 Å². The van der Waals surface area contributed by atoms with Crippen LogP contribution in [0, 0.1) is 12.7 Å². The number of hydrogen-bond donors (Lipinski definition) is 1. The molecule has 1 aromatic heterocycles. The van der Waals surface area contributed by atoms with E-state index in [9.17, 15) is 9.18 Å². The third kappa shape index (κ3) is 3.46. The Bertz CT molecular complexity index is 625. The van der Waals surface area contributed by atoms with Gasteiger partial charge in [0.05, 0.1) is 17.5 Å². The Balaban J connectivity index is 2.14. The number of ether oxygens (including phenoxy) is 1. The number of para-hydroxylation sites is 1. The first kappa shape index (κ1) is 15.2. The SMILES string of the molecule is COCCCNC(=O)c1cnn(-c2ccccc2F)c1C. The molecule has 0 saturated heterocycles. The van der Waals surface area contributed by atoms with Crippen LogP contribution in [-0.4, -0.2) is 35.9 Å². The molecule has 112 valence electrons. The van der Waals surface area contributed by atoms with Crippen LogP contribution in [-0.2, 0) is 4.74 Å². The molecule has 0 atom stereocenters. The van der Waals surface area contributed by atoms with Crippen molar-refractivity contribution in [2.24, 2.45) is 0 Å². The molecule has 0 spiro atoms. The van der Waals surface area contributed by atoms with Crippen LogP contribution in [0.4, 0.5) is 4.39 Å². The van der Waals surface area contributed by atoms with Crippen molar-refractivity contribution in [1.82, 2.24) is 15.1 Å². The van der Waals surface area contributed by atoms with Crippen molar-refractivity contribution in [3.63, 3.8) is 0 Å². The van der Waals surface area contributed by atoms with Crippen LogP contribution >= 0.6 is 0 Å². The van der Waals surface area contributed by atoms with Gasteiger partial charge in [0.2, 0.25) is 0 Å². The van der Waals surface area contributed by atoms with E-state index in [2.05, 4.69) is 10.4 Å². The fourth-order valence-electron chi connectivity index (χ4n) is 2.01. The van der Waals surface area contributed by atoms with E-state index in [1.807, 2.05) is 0 Å². The van der Waals surface area contributed by atoms with Gasteiger partial charge in [0.15, 0.2) is 0 Å². The van der Waals surface area contributed by atoms with Gasteiger partial charge in [0.1, 0.15) is 11.5 Å². The lowest BCUT2D eigenvalue weighted by atomic mass is 10.2. The molecule has 0 bridgehead atoms. The Labute approximate surface area is 122 Å². The van der Waals surface area contributed by atoms with Gasteiger partial charge < -0.3 is 10.1 Å². The highest BCUT2D eigenvalue weighted by Crippen LogP contribution is 2.16. The lowest BCUT2D eigenvalue weighted by Gasteiger charge is -2.07. The average molecular weight is 291 g/mol. The third-order valence-corrected chi connectivity index (χ3v) is 3.15. The number of halogens is 1. The van der Waals surface area contributed by atoms with Gasteiger partial charge in [-0.3, -0.25) is 4.79 Å². The second-order valence-corrected chi connectivity index (χ2v) is 4.61. The third-order valence-electron chi connectivity index (χ3n) is 3.15. The first-order valence-electron chi connectivity index (χ1n) is 6.72. The molecule has 2 aromatic rings. The van der Waals surface area contributed by atoms with Crippen LogP contribution in [0.5, 0.6) is 0 Å². The van der Waals surface area contributed by atoms with Crippen LogP contribution in [0.3, 0.4) is 0 Å². The summed E-state index contributed by atoms with van der Waals surface area (Å²) < 4.78 is 20.1. The highest BCUT2D eigenvalue weighted by atomic mass is 19.1. The first-order chi connectivity index (χ1) is 10.1. The lowest BCUT2D eigenvalue weighted by Crippen LogP contribution is -2.25. The van der Waals surface area contributed by atoms with Crippen molar-refractivity contribution in [2.45, 2.75) is 13.3 Å². The molecular weight excluding hydrogens is 273 g/mol. The zero-order chi connectivity index (χ0) is 15.2. The van der Waals surface area contributed by atoms with Gasteiger partial charge in [-0.15, -0.1) is 0 Å². The Hall–Kier alpha value is -2.21. The number of nitrogens with zero attached hydrogens (tertiary/aromatic N) is 2. The number of carbonyl (C=O) groups excluding carboxylic acids is 1. The summed E-state index contributed by atoms with van der Waals surface area (Å²) in [6, 6.07) is 6.32. The molecule has 1 N–H and O–H groups in total. The van der Waals surface area contributed by atoms with E-state index in [-0.39, 0.29) is 11.7 Å². The van der Waals surface area contributed by atoms with Gasteiger partial charge in [-0.2, -0.15) is 5.10 Å². The number of nitrogens with one attached hydrogen (secondary N) is 1. The monoisotopic (exact) mass is 291 g/mol. The topological polar surface area (TPSA) is 56.1 Å². The minimum Gasteiger partial charge on any atom is -0.385 e. The normalized spacial score (nSPS) is 10.6. The highest BCUT2D eigenvalue weighted by Gasteiger charge is 2.16. The lowest BCUT2D eigenvalue weighted by molar-refractivity contribution is 0.0948. The molecule has 0 aliphatic rings. The maximum absolute atomic E-state index is 13.8. The second-order valence-electron chi connectivity index (χ2n) is 4.61. The molecular formula is C15H18FN3O2. The van der Waals surface area contributed by atoms with Gasteiger partial charge in [-0.1, -0.05) is 12.1 Å². The number of carbonyl (C=O) groups is 1. The van der Waals surface area contributed by atoms with Gasteiger partial charge in [-0.25, -0.2) is 9.07 Å². The smallest absolute Gasteiger partial charge is 0.254 e. The van der Waals surface area contributed by atoms with Crippen LogP contribution in [0.25, 0.3) is 5.69 Å². The Morgan fingerprint density at radius 1 is 1.43 bits per heavy atom. The zero-order valence-corrected chi connectivity index (χ0v) is 12.1. The number of methoxy groups -OCH3 is 1. The second kappa shape index (κ2) is 6.99. The molecule has 0 unspecified atom stereocenters. The Kier molecular flexibility index (Phi) is 5.05. The molecule has 0 fully saturated rings. The summed E-state index contributed by atoms with van der Waals surface area (Å²) in [4.78, 5) is 12.1. The van der Waals surface area contributed by atoms with Crippen molar-refractivity contribution < 1.29 is 13.9 Å². The molecule has 1 amide bonds. The molecule has 2 rings (SSSR count). The van der Waals surface area contributed by atoms with Gasteiger partial charge in [0.25, 0.3) is 5.91 Å². The zero-order valence-electron chi connectivity index (χ0n) is 12.1. The molecule has 0 aliphatic carbocycles. The summed E-state index contributed by atoms with van der Waals surface area (Å²) in [7, 11) is 1.62. The molecule has 0 saturated carbocycles. The summed E-state index contributed by atoms with van der Waals surface area (Å²) in [5.41, 5.74) is 1.37. The molecule has 1 aromatic carbocycles. The molecule has 1 heterocycles. The first-order valence-corrected chi connectivity index (χ1v) is 6.72. The minimum atomic E-state index is -0.379. The molecule has 21 heavy (non-hydrogen) atoms. The van der Waals surface area contributed by atoms with Crippen LogP contribution in [0.2, 0.25) is 0 Å². The fraction of sp³-hybridized carbons (Fsp3) is 0.333. The Morgan fingerprint density at radius 2 is 2.19 bits per heavy atom. The summed E-state index contributed by atoms with van der Waals surface area (Å²) in [5.74, 6) is -0.595. The van der Waals surface area contributed by atoms with Gasteiger partial charge >= 0.3 is 0 Å². The number of rotatable bonds is 6. The van der Waals surface area contributed by atoms with E-state index in [0.29, 0.717) is 30.1 Å². The maximum Gasteiger partial charge on any atom is 0.254 e. The van der Waals surface area contributed by atoms with E-state index in [0.717, 1.165) is 6.42 Å².